The summed E-state index contributed by atoms with van der Waals surface area (Å²) in [5.74, 6) is -0.991. The Kier molecular flexibility index (Phi) is 3.93. The number of fused-ring (bicyclic) bond motifs is 1. The van der Waals surface area contributed by atoms with Crippen molar-refractivity contribution < 1.29 is 14.4 Å². The molecule has 1 N–H and O–H groups in total. The summed E-state index contributed by atoms with van der Waals surface area (Å²) in [6.07, 6.45) is 0. The minimum atomic E-state index is -0.378. The van der Waals surface area contributed by atoms with Gasteiger partial charge in [-0.1, -0.05) is 24.3 Å². The molecule has 0 aliphatic carbocycles. The molecule has 0 radical (unpaired) electrons. The number of carbonyl (C=O) groups is 3. The van der Waals surface area contributed by atoms with Crippen LogP contribution in [0.15, 0.2) is 42.5 Å². The number of carbonyl (C=O) groups excluding carboxylic acids is 3. The van der Waals surface area contributed by atoms with Crippen LogP contribution in [0.5, 0.6) is 0 Å². The molecule has 24 heavy (non-hydrogen) atoms. The van der Waals surface area contributed by atoms with Crippen molar-refractivity contribution in [1.82, 2.24) is 10.2 Å². The van der Waals surface area contributed by atoms with E-state index in [1.54, 1.807) is 6.07 Å². The van der Waals surface area contributed by atoms with Crippen molar-refractivity contribution >= 4 is 17.7 Å². The van der Waals surface area contributed by atoms with Crippen LogP contribution in [0, 0.1) is 6.92 Å². The fourth-order valence-corrected chi connectivity index (χ4v) is 2.93. The van der Waals surface area contributed by atoms with Gasteiger partial charge < -0.3 is 5.32 Å². The maximum Gasteiger partial charge on any atom is 0.261 e. The second-order valence-corrected chi connectivity index (χ2v) is 5.98. The largest absolute Gasteiger partial charge is 0.346 e. The van der Waals surface area contributed by atoms with Crippen LogP contribution >= 0.6 is 0 Å². The molecule has 0 saturated heterocycles. The number of benzene rings is 2. The maximum absolute atomic E-state index is 12.5. The normalized spacial score (nSPS) is 14.5. The summed E-state index contributed by atoms with van der Waals surface area (Å²) in [5, 5.41) is 2.93. The summed E-state index contributed by atoms with van der Waals surface area (Å²) < 4.78 is 0. The summed E-state index contributed by atoms with van der Waals surface area (Å²) in [6.45, 7) is 3.91. The number of imide groups is 1. The van der Waals surface area contributed by atoms with Crippen LogP contribution in [-0.2, 0) is 0 Å². The van der Waals surface area contributed by atoms with E-state index in [1.807, 2.05) is 38.1 Å². The summed E-state index contributed by atoms with van der Waals surface area (Å²) in [6, 6.07) is 12.3. The zero-order valence-corrected chi connectivity index (χ0v) is 13.8. The number of hydrogen-bond acceptors (Lipinski definition) is 3. The highest BCUT2D eigenvalue weighted by molar-refractivity contribution is 6.21. The van der Waals surface area contributed by atoms with Gasteiger partial charge in [0.2, 0.25) is 0 Å². The smallest absolute Gasteiger partial charge is 0.261 e. The summed E-state index contributed by atoms with van der Waals surface area (Å²) >= 11 is 0. The minimum absolute atomic E-state index is 0.160. The Labute approximate surface area is 140 Å². The molecule has 5 nitrogen and oxygen atoms in total. The lowest BCUT2D eigenvalue weighted by Gasteiger charge is -2.16. The van der Waals surface area contributed by atoms with Crippen molar-refractivity contribution in [3.63, 3.8) is 0 Å². The van der Waals surface area contributed by atoms with Crippen molar-refractivity contribution in [2.45, 2.75) is 19.9 Å². The van der Waals surface area contributed by atoms with E-state index < -0.39 is 0 Å². The Morgan fingerprint density at radius 2 is 1.71 bits per heavy atom. The van der Waals surface area contributed by atoms with Gasteiger partial charge in [0.1, 0.15) is 0 Å². The Morgan fingerprint density at radius 3 is 2.42 bits per heavy atom. The standard InChI is InChI=1S/C19H18N2O3/c1-11-6-4-5-7-14(11)12(2)20-17(22)13-8-9-15-16(10-13)19(24)21(3)18(15)23/h4-10,12H,1-3H3,(H,20,22)/t12-/m0/s1. The fraction of sp³-hybridized carbons (Fsp3) is 0.211. The van der Waals surface area contributed by atoms with Crippen molar-refractivity contribution in [2.75, 3.05) is 7.05 Å². The molecule has 0 bridgehead atoms. The molecule has 1 aliphatic rings. The van der Waals surface area contributed by atoms with E-state index in [4.69, 9.17) is 0 Å². The molecule has 0 saturated carbocycles. The van der Waals surface area contributed by atoms with E-state index in [9.17, 15) is 14.4 Å². The molecule has 2 aromatic rings. The van der Waals surface area contributed by atoms with Crippen LogP contribution in [0.4, 0.5) is 0 Å². The van der Waals surface area contributed by atoms with Crippen LogP contribution < -0.4 is 5.32 Å². The SMILES string of the molecule is Cc1ccccc1[C@H](C)NC(=O)c1ccc2c(c1)C(=O)N(C)C2=O. The lowest BCUT2D eigenvalue weighted by atomic mass is 10.0. The number of nitrogens with one attached hydrogen (secondary N) is 1. The van der Waals surface area contributed by atoms with Crippen LogP contribution in [0.2, 0.25) is 0 Å². The van der Waals surface area contributed by atoms with Crippen molar-refractivity contribution in [2.24, 2.45) is 0 Å². The lowest BCUT2D eigenvalue weighted by Crippen LogP contribution is -2.27. The first-order valence-electron chi connectivity index (χ1n) is 7.73. The monoisotopic (exact) mass is 322 g/mol. The Balaban J connectivity index is 1.83. The number of hydrogen-bond donors (Lipinski definition) is 1. The van der Waals surface area contributed by atoms with Crippen LogP contribution in [-0.4, -0.2) is 29.7 Å². The average molecular weight is 322 g/mol. The molecule has 2 aromatic carbocycles. The number of amides is 3. The molecule has 0 unspecified atom stereocenters. The molecular formula is C19H18N2O3. The van der Waals surface area contributed by atoms with Gasteiger partial charge in [-0.05, 0) is 43.2 Å². The van der Waals surface area contributed by atoms with E-state index in [0.717, 1.165) is 16.0 Å². The molecule has 1 heterocycles. The minimum Gasteiger partial charge on any atom is -0.346 e. The molecule has 0 fully saturated rings. The van der Waals surface area contributed by atoms with Crippen molar-refractivity contribution in [3.8, 4) is 0 Å². The molecular weight excluding hydrogens is 304 g/mol. The first-order valence-corrected chi connectivity index (χ1v) is 7.73. The third-order valence-electron chi connectivity index (χ3n) is 4.35. The van der Waals surface area contributed by atoms with Crippen LogP contribution in [0.3, 0.4) is 0 Å². The summed E-state index contributed by atoms with van der Waals surface area (Å²) in [4.78, 5) is 37.5. The van der Waals surface area contributed by atoms with Crippen molar-refractivity contribution in [1.29, 1.82) is 0 Å². The van der Waals surface area contributed by atoms with Gasteiger partial charge in [0.25, 0.3) is 17.7 Å². The second kappa shape index (κ2) is 5.92. The van der Waals surface area contributed by atoms with Gasteiger partial charge in [-0.3, -0.25) is 19.3 Å². The maximum atomic E-state index is 12.5. The van der Waals surface area contributed by atoms with Crippen LogP contribution in [0.25, 0.3) is 0 Å². The quantitative estimate of drug-likeness (QED) is 0.884. The van der Waals surface area contributed by atoms with Gasteiger partial charge in [-0.25, -0.2) is 0 Å². The lowest BCUT2D eigenvalue weighted by molar-refractivity contribution is 0.0693. The van der Waals surface area contributed by atoms with Gasteiger partial charge in [0, 0.05) is 12.6 Å². The highest BCUT2D eigenvalue weighted by atomic mass is 16.2. The predicted octanol–water partition coefficient (Wildman–Crippen LogP) is 2.71. The first-order chi connectivity index (χ1) is 11.4. The van der Waals surface area contributed by atoms with E-state index in [1.165, 1.54) is 19.2 Å². The molecule has 3 rings (SSSR count). The zero-order valence-electron chi connectivity index (χ0n) is 13.8. The number of nitrogens with zero attached hydrogens (tertiary/aromatic N) is 1. The predicted molar refractivity (Wildman–Crippen MR) is 89.9 cm³/mol. The average Bonchev–Trinajstić information content (AvgIpc) is 2.79. The van der Waals surface area contributed by atoms with E-state index in [0.29, 0.717) is 11.1 Å². The van der Waals surface area contributed by atoms with Gasteiger partial charge in [0.05, 0.1) is 17.2 Å². The molecule has 1 aliphatic heterocycles. The molecule has 3 amide bonds. The summed E-state index contributed by atoms with van der Waals surface area (Å²) in [5.41, 5.74) is 3.12. The highest BCUT2D eigenvalue weighted by Gasteiger charge is 2.33. The van der Waals surface area contributed by atoms with E-state index in [2.05, 4.69) is 5.32 Å². The summed E-state index contributed by atoms with van der Waals surface area (Å²) in [7, 11) is 1.44. The Bertz CT molecular complexity index is 857. The molecule has 122 valence electrons. The Hall–Kier alpha value is -2.95. The topological polar surface area (TPSA) is 66.5 Å². The third-order valence-corrected chi connectivity index (χ3v) is 4.35. The zero-order chi connectivity index (χ0) is 17.4. The van der Waals surface area contributed by atoms with E-state index >= 15 is 0 Å². The third kappa shape index (κ3) is 2.58. The Morgan fingerprint density at radius 1 is 1.04 bits per heavy atom. The number of aryl methyl sites for hydroxylation is 1. The molecule has 0 aromatic heterocycles. The van der Waals surface area contributed by atoms with E-state index in [-0.39, 0.29) is 29.3 Å². The van der Waals surface area contributed by atoms with Gasteiger partial charge >= 0.3 is 0 Å². The van der Waals surface area contributed by atoms with Gasteiger partial charge in [0.15, 0.2) is 0 Å². The molecule has 5 heteroatoms. The molecule has 1 atom stereocenters. The van der Waals surface area contributed by atoms with Crippen molar-refractivity contribution in [3.05, 3.63) is 70.3 Å². The van der Waals surface area contributed by atoms with Crippen LogP contribution in [0.1, 0.15) is 55.2 Å². The fourth-order valence-electron chi connectivity index (χ4n) is 2.93. The van der Waals surface area contributed by atoms with Gasteiger partial charge in [-0.2, -0.15) is 0 Å². The molecule has 0 spiro atoms. The first kappa shape index (κ1) is 15.9. The van der Waals surface area contributed by atoms with Gasteiger partial charge in [-0.15, -0.1) is 0 Å². The highest BCUT2D eigenvalue weighted by Crippen LogP contribution is 2.23. The number of rotatable bonds is 3. The second-order valence-electron chi connectivity index (χ2n) is 5.98.